The van der Waals surface area contributed by atoms with Gasteiger partial charge in [-0.3, -0.25) is 0 Å². The van der Waals surface area contributed by atoms with Crippen LogP contribution in [0.15, 0.2) is 48.5 Å². The molecule has 0 amide bonds. The van der Waals surface area contributed by atoms with E-state index in [1.165, 1.54) is 0 Å². The summed E-state index contributed by atoms with van der Waals surface area (Å²) in [5, 5.41) is 1.21. The number of carbonyl (C=O) groups is 1. The van der Waals surface area contributed by atoms with Crippen LogP contribution in [-0.4, -0.2) is 5.97 Å². The van der Waals surface area contributed by atoms with Gasteiger partial charge in [0.2, 0.25) is 0 Å². The van der Waals surface area contributed by atoms with Crippen LogP contribution < -0.4 is 0 Å². The third-order valence-electron chi connectivity index (χ3n) is 2.34. The molecule has 92 valence electrons. The molecule has 0 bridgehead atoms. The normalized spacial score (nSPS) is 10.1. The summed E-state index contributed by atoms with van der Waals surface area (Å²) in [5.41, 5.74) is 1.33. The highest BCUT2D eigenvalue weighted by Gasteiger charge is 2.07. The van der Waals surface area contributed by atoms with Crippen molar-refractivity contribution >= 4 is 29.2 Å². The lowest BCUT2D eigenvalue weighted by molar-refractivity contribution is 0.0473. The van der Waals surface area contributed by atoms with Crippen molar-refractivity contribution in [2.75, 3.05) is 0 Å². The van der Waals surface area contributed by atoms with Gasteiger partial charge in [-0.2, -0.15) is 0 Å². The van der Waals surface area contributed by atoms with Crippen molar-refractivity contribution in [3.63, 3.8) is 0 Å². The third-order valence-corrected chi connectivity index (χ3v) is 2.83. The van der Waals surface area contributed by atoms with Crippen LogP contribution in [0.1, 0.15) is 15.9 Å². The van der Waals surface area contributed by atoms with Gasteiger partial charge in [-0.05, 0) is 42.0 Å². The summed E-state index contributed by atoms with van der Waals surface area (Å²) in [7, 11) is 0. The number of ether oxygens (including phenoxy) is 1. The number of rotatable bonds is 3. The minimum atomic E-state index is -0.383. The van der Waals surface area contributed by atoms with Crippen LogP contribution in [-0.2, 0) is 11.3 Å². The lowest BCUT2D eigenvalue weighted by atomic mass is 10.2. The predicted molar refractivity (Wildman–Crippen MR) is 72.0 cm³/mol. The lowest BCUT2D eigenvalue weighted by Gasteiger charge is -2.05. The standard InChI is InChI=1S/C14H10Cl2O2/c15-12-6-4-11(5-7-12)14(17)18-9-10-2-1-3-13(16)8-10/h1-8H,9H2. The van der Waals surface area contributed by atoms with Gasteiger partial charge in [-0.1, -0.05) is 35.3 Å². The van der Waals surface area contributed by atoms with E-state index in [4.69, 9.17) is 27.9 Å². The van der Waals surface area contributed by atoms with E-state index >= 15 is 0 Å². The number of hydrogen-bond acceptors (Lipinski definition) is 2. The molecular formula is C14H10Cl2O2. The Morgan fingerprint density at radius 3 is 2.39 bits per heavy atom. The van der Waals surface area contributed by atoms with Gasteiger partial charge in [0.25, 0.3) is 0 Å². The number of benzene rings is 2. The summed E-state index contributed by atoms with van der Waals surface area (Å²) in [4.78, 5) is 11.7. The van der Waals surface area contributed by atoms with Crippen molar-refractivity contribution in [1.82, 2.24) is 0 Å². The van der Waals surface area contributed by atoms with E-state index in [1.54, 1.807) is 36.4 Å². The summed E-state index contributed by atoms with van der Waals surface area (Å²) in [6.07, 6.45) is 0. The zero-order chi connectivity index (χ0) is 13.0. The molecule has 0 fully saturated rings. The molecule has 0 saturated carbocycles. The number of esters is 1. The third kappa shape index (κ3) is 3.49. The molecule has 0 atom stereocenters. The Kier molecular flexibility index (Phi) is 4.24. The molecule has 0 N–H and O–H groups in total. The van der Waals surface area contributed by atoms with Crippen LogP contribution in [0.5, 0.6) is 0 Å². The van der Waals surface area contributed by atoms with E-state index in [9.17, 15) is 4.79 Å². The van der Waals surface area contributed by atoms with Crippen molar-refractivity contribution in [1.29, 1.82) is 0 Å². The molecule has 18 heavy (non-hydrogen) atoms. The topological polar surface area (TPSA) is 26.3 Å². The summed E-state index contributed by atoms with van der Waals surface area (Å²) < 4.78 is 5.17. The Labute approximate surface area is 115 Å². The molecule has 0 saturated heterocycles. The number of hydrogen-bond donors (Lipinski definition) is 0. The first-order valence-electron chi connectivity index (χ1n) is 5.32. The molecule has 0 unspecified atom stereocenters. The molecule has 0 heterocycles. The smallest absolute Gasteiger partial charge is 0.338 e. The molecule has 0 aliphatic rings. The van der Waals surface area contributed by atoms with Gasteiger partial charge in [0.1, 0.15) is 6.61 Å². The van der Waals surface area contributed by atoms with Crippen molar-refractivity contribution in [3.05, 3.63) is 69.7 Å². The van der Waals surface area contributed by atoms with E-state index in [0.29, 0.717) is 15.6 Å². The minimum Gasteiger partial charge on any atom is -0.457 e. The van der Waals surface area contributed by atoms with Crippen LogP contribution in [0.4, 0.5) is 0 Å². The largest absolute Gasteiger partial charge is 0.457 e. The fourth-order valence-corrected chi connectivity index (χ4v) is 1.78. The highest BCUT2D eigenvalue weighted by atomic mass is 35.5. The molecule has 2 nitrogen and oxygen atoms in total. The van der Waals surface area contributed by atoms with Gasteiger partial charge in [-0.25, -0.2) is 4.79 Å². The van der Waals surface area contributed by atoms with E-state index in [1.807, 2.05) is 12.1 Å². The summed E-state index contributed by atoms with van der Waals surface area (Å²) in [6, 6.07) is 13.7. The highest BCUT2D eigenvalue weighted by Crippen LogP contribution is 2.14. The van der Waals surface area contributed by atoms with E-state index in [2.05, 4.69) is 0 Å². The molecular weight excluding hydrogens is 271 g/mol. The van der Waals surface area contributed by atoms with E-state index < -0.39 is 0 Å². The second-order valence-corrected chi connectivity index (χ2v) is 4.59. The number of halogens is 2. The Bertz CT molecular complexity index is 550. The van der Waals surface area contributed by atoms with Crippen LogP contribution in [0.3, 0.4) is 0 Å². The van der Waals surface area contributed by atoms with Gasteiger partial charge >= 0.3 is 5.97 Å². The maximum absolute atomic E-state index is 11.7. The summed E-state index contributed by atoms with van der Waals surface area (Å²) in [6.45, 7) is 0.196. The molecule has 0 aliphatic carbocycles. The molecule has 2 aromatic carbocycles. The highest BCUT2D eigenvalue weighted by molar-refractivity contribution is 6.30. The lowest BCUT2D eigenvalue weighted by Crippen LogP contribution is -2.04. The SMILES string of the molecule is O=C(OCc1cccc(Cl)c1)c1ccc(Cl)cc1. The second kappa shape index (κ2) is 5.89. The Morgan fingerprint density at radius 2 is 1.72 bits per heavy atom. The van der Waals surface area contributed by atoms with Gasteiger partial charge in [0, 0.05) is 10.0 Å². The summed E-state index contributed by atoms with van der Waals surface area (Å²) in [5.74, 6) is -0.383. The zero-order valence-electron chi connectivity index (χ0n) is 9.40. The molecule has 0 aliphatic heterocycles. The van der Waals surface area contributed by atoms with Crippen molar-refractivity contribution < 1.29 is 9.53 Å². The first-order valence-corrected chi connectivity index (χ1v) is 6.08. The minimum absolute atomic E-state index is 0.196. The molecule has 0 spiro atoms. The molecule has 4 heteroatoms. The fraction of sp³-hybridized carbons (Fsp3) is 0.0714. The van der Waals surface area contributed by atoms with Crippen molar-refractivity contribution in [3.8, 4) is 0 Å². The molecule has 0 aromatic heterocycles. The first-order chi connectivity index (χ1) is 8.65. The molecule has 2 rings (SSSR count). The van der Waals surface area contributed by atoms with Crippen molar-refractivity contribution in [2.24, 2.45) is 0 Å². The fourth-order valence-electron chi connectivity index (χ4n) is 1.44. The average Bonchev–Trinajstić information content (AvgIpc) is 2.37. The van der Waals surface area contributed by atoms with Gasteiger partial charge in [0.05, 0.1) is 5.56 Å². The monoisotopic (exact) mass is 280 g/mol. The Balaban J connectivity index is 1.98. The quantitative estimate of drug-likeness (QED) is 0.782. The Hall–Kier alpha value is -1.51. The zero-order valence-corrected chi connectivity index (χ0v) is 10.9. The van der Waals surface area contributed by atoms with Gasteiger partial charge < -0.3 is 4.74 Å². The maximum atomic E-state index is 11.7. The first kappa shape index (κ1) is 12.9. The predicted octanol–water partition coefficient (Wildman–Crippen LogP) is 4.35. The number of carbonyl (C=O) groups excluding carboxylic acids is 1. The van der Waals surface area contributed by atoms with Crippen LogP contribution in [0, 0.1) is 0 Å². The summed E-state index contributed by atoms with van der Waals surface area (Å²) >= 11 is 11.6. The molecule has 0 radical (unpaired) electrons. The van der Waals surface area contributed by atoms with Crippen LogP contribution in [0.25, 0.3) is 0 Å². The Morgan fingerprint density at radius 1 is 1.00 bits per heavy atom. The van der Waals surface area contributed by atoms with E-state index in [0.717, 1.165) is 5.56 Å². The second-order valence-electron chi connectivity index (χ2n) is 3.71. The van der Waals surface area contributed by atoms with E-state index in [-0.39, 0.29) is 12.6 Å². The van der Waals surface area contributed by atoms with Crippen LogP contribution in [0.2, 0.25) is 10.0 Å². The van der Waals surface area contributed by atoms with Gasteiger partial charge in [-0.15, -0.1) is 0 Å². The van der Waals surface area contributed by atoms with Crippen LogP contribution >= 0.6 is 23.2 Å². The maximum Gasteiger partial charge on any atom is 0.338 e. The van der Waals surface area contributed by atoms with Crippen molar-refractivity contribution in [2.45, 2.75) is 6.61 Å². The van der Waals surface area contributed by atoms with Gasteiger partial charge in [0.15, 0.2) is 0 Å². The average molecular weight is 281 g/mol. The molecule has 2 aromatic rings.